The van der Waals surface area contributed by atoms with Crippen LogP contribution in [0.3, 0.4) is 0 Å². The minimum atomic E-state index is -0.810. The van der Waals surface area contributed by atoms with Gasteiger partial charge < -0.3 is 19.7 Å². The smallest absolute Gasteiger partial charge is 0.223 e. The Morgan fingerprint density at radius 3 is 2.64 bits per heavy atom. The second kappa shape index (κ2) is 8.83. The van der Waals surface area contributed by atoms with Gasteiger partial charge in [-0.15, -0.1) is 0 Å². The van der Waals surface area contributed by atoms with E-state index in [1.807, 2.05) is 30.3 Å². The van der Waals surface area contributed by atoms with Gasteiger partial charge in [-0.25, -0.2) is 0 Å². The highest BCUT2D eigenvalue weighted by atomic mass is 16.4. The lowest BCUT2D eigenvalue weighted by Crippen LogP contribution is -2.37. The van der Waals surface area contributed by atoms with Crippen LogP contribution in [0.1, 0.15) is 36.7 Å². The molecular formula is C20H26N2O3. The molecule has 0 aliphatic carbocycles. The van der Waals surface area contributed by atoms with Crippen LogP contribution in [0.4, 0.5) is 0 Å². The number of furan rings is 1. The Kier molecular flexibility index (Phi) is 6.25. The number of aliphatic hydroxyl groups excluding tert-OH is 1. The molecule has 5 heteroatoms. The highest BCUT2D eigenvalue weighted by Gasteiger charge is 2.24. The van der Waals surface area contributed by atoms with Crippen LogP contribution in [0, 0.1) is 5.92 Å². The number of aliphatic hydroxyl groups is 1. The molecule has 3 rings (SSSR count). The summed E-state index contributed by atoms with van der Waals surface area (Å²) in [5, 5.41) is 13.7. The molecule has 1 fully saturated rings. The molecule has 0 saturated carbocycles. The van der Waals surface area contributed by atoms with Gasteiger partial charge in [-0.2, -0.15) is 0 Å². The zero-order chi connectivity index (χ0) is 17.5. The van der Waals surface area contributed by atoms with Gasteiger partial charge in [-0.05, 0) is 49.5 Å². The SMILES string of the molecule is O=C(CC1CCNCC1)N(Cc1ccccc1)CC(O)c1ccco1. The van der Waals surface area contributed by atoms with E-state index in [2.05, 4.69) is 5.32 Å². The van der Waals surface area contributed by atoms with Crippen LogP contribution >= 0.6 is 0 Å². The number of nitrogens with one attached hydrogen (secondary N) is 1. The Labute approximate surface area is 148 Å². The van der Waals surface area contributed by atoms with Crippen molar-refractivity contribution < 1.29 is 14.3 Å². The average Bonchev–Trinajstić information content (AvgIpc) is 3.18. The number of carbonyl (C=O) groups is 1. The van der Waals surface area contributed by atoms with E-state index in [9.17, 15) is 9.90 Å². The predicted octanol–water partition coefficient (Wildman–Crippen LogP) is 2.73. The highest BCUT2D eigenvalue weighted by molar-refractivity contribution is 5.76. The Balaban J connectivity index is 1.67. The first-order chi connectivity index (χ1) is 12.2. The van der Waals surface area contributed by atoms with Crippen LogP contribution in [-0.2, 0) is 11.3 Å². The Bertz CT molecular complexity index is 636. The van der Waals surface area contributed by atoms with Crippen molar-refractivity contribution in [3.8, 4) is 0 Å². The van der Waals surface area contributed by atoms with Crippen LogP contribution in [0.5, 0.6) is 0 Å². The summed E-state index contributed by atoms with van der Waals surface area (Å²) in [6.45, 7) is 2.70. The van der Waals surface area contributed by atoms with Crippen molar-refractivity contribution in [1.29, 1.82) is 0 Å². The molecule has 5 nitrogen and oxygen atoms in total. The van der Waals surface area contributed by atoms with Gasteiger partial charge in [0.1, 0.15) is 11.9 Å². The number of benzene rings is 1. The first-order valence-corrected chi connectivity index (χ1v) is 8.96. The average molecular weight is 342 g/mol. The molecule has 0 radical (unpaired) electrons. The summed E-state index contributed by atoms with van der Waals surface area (Å²) >= 11 is 0. The molecular weight excluding hydrogens is 316 g/mol. The summed E-state index contributed by atoms with van der Waals surface area (Å²) in [4.78, 5) is 14.6. The molecule has 1 unspecified atom stereocenters. The van der Waals surface area contributed by atoms with Gasteiger partial charge in [0.15, 0.2) is 0 Å². The van der Waals surface area contributed by atoms with Crippen LogP contribution in [0.15, 0.2) is 53.1 Å². The highest BCUT2D eigenvalue weighted by Crippen LogP contribution is 2.21. The van der Waals surface area contributed by atoms with Gasteiger partial charge in [0.25, 0.3) is 0 Å². The van der Waals surface area contributed by atoms with Gasteiger partial charge in [-0.1, -0.05) is 30.3 Å². The van der Waals surface area contributed by atoms with E-state index in [-0.39, 0.29) is 12.5 Å². The normalized spacial score (nSPS) is 16.5. The van der Waals surface area contributed by atoms with E-state index >= 15 is 0 Å². The molecule has 0 spiro atoms. The lowest BCUT2D eigenvalue weighted by Gasteiger charge is -2.28. The number of hydrogen-bond acceptors (Lipinski definition) is 4. The lowest BCUT2D eigenvalue weighted by atomic mass is 9.94. The molecule has 134 valence electrons. The molecule has 1 aliphatic rings. The van der Waals surface area contributed by atoms with E-state index in [1.165, 1.54) is 6.26 Å². The quantitative estimate of drug-likeness (QED) is 0.812. The van der Waals surface area contributed by atoms with Crippen molar-refractivity contribution in [1.82, 2.24) is 10.2 Å². The van der Waals surface area contributed by atoms with Crippen molar-refractivity contribution >= 4 is 5.91 Å². The van der Waals surface area contributed by atoms with Crippen molar-refractivity contribution in [2.75, 3.05) is 19.6 Å². The summed E-state index contributed by atoms with van der Waals surface area (Å²) in [6, 6.07) is 13.4. The number of rotatable bonds is 7. The largest absolute Gasteiger partial charge is 0.467 e. The summed E-state index contributed by atoms with van der Waals surface area (Å²) in [5.74, 6) is 1.02. The Morgan fingerprint density at radius 1 is 1.20 bits per heavy atom. The Morgan fingerprint density at radius 2 is 1.96 bits per heavy atom. The second-order valence-corrected chi connectivity index (χ2v) is 6.69. The van der Waals surface area contributed by atoms with E-state index in [0.29, 0.717) is 24.6 Å². The van der Waals surface area contributed by atoms with Gasteiger partial charge in [0.2, 0.25) is 5.91 Å². The van der Waals surface area contributed by atoms with Crippen LogP contribution in [-0.4, -0.2) is 35.5 Å². The molecule has 1 aromatic carbocycles. The fourth-order valence-electron chi connectivity index (χ4n) is 3.30. The minimum absolute atomic E-state index is 0.0985. The second-order valence-electron chi connectivity index (χ2n) is 6.69. The maximum atomic E-state index is 12.9. The van der Waals surface area contributed by atoms with E-state index < -0.39 is 6.10 Å². The third kappa shape index (κ3) is 5.18. The predicted molar refractivity (Wildman–Crippen MR) is 95.7 cm³/mol. The topological polar surface area (TPSA) is 65.7 Å². The summed E-state index contributed by atoms with van der Waals surface area (Å²) < 4.78 is 5.28. The van der Waals surface area contributed by atoms with Crippen LogP contribution in [0.25, 0.3) is 0 Å². The van der Waals surface area contributed by atoms with Gasteiger partial charge >= 0.3 is 0 Å². The first-order valence-electron chi connectivity index (χ1n) is 8.96. The van der Waals surface area contributed by atoms with E-state index in [1.54, 1.807) is 17.0 Å². The lowest BCUT2D eigenvalue weighted by molar-refractivity contribution is -0.134. The third-order valence-electron chi connectivity index (χ3n) is 4.76. The molecule has 1 aliphatic heterocycles. The molecule has 2 aromatic rings. The molecule has 1 amide bonds. The maximum Gasteiger partial charge on any atom is 0.223 e. The molecule has 2 N–H and O–H groups in total. The molecule has 0 bridgehead atoms. The zero-order valence-electron chi connectivity index (χ0n) is 14.4. The van der Waals surface area contributed by atoms with Crippen molar-refractivity contribution in [3.63, 3.8) is 0 Å². The number of hydrogen-bond donors (Lipinski definition) is 2. The maximum absolute atomic E-state index is 12.9. The van der Waals surface area contributed by atoms with Crippen molar-refractivity contribution in [2.45, 2.75) is 31.9 Å². The first kappa shape index (κ1) is 17.7. The fourth-order valence-corrected chi connectivity index (χ4v) is 3.30. The third-order valence-corrected chi connectivity index (χ3v) is 4.76. The number of piperidine rings is 1. The van der Waals surface area contributed by atoms with E-state index in [0.717, 1.165) is 31.5 Å². The van der Waals surface area contributed by atoms with Crippen molar-refractivity contribution in [2.24, 2.45) is 5.92 Å². The standard InChI is InChI=1S/C20H26N2O3/c23-18(19-7-4-12-25-19)15-22(14-17-5-2-1-3-6-17)20(24)13-16-8-10-21-11-9-16/h1-7,12,16,18,21,23H,8-11,13-15H2. The summed E-state index contributed by atoms with van der Waals surface area (Å²) in [5.41, 5.74) is 1.06. The van der Waals surface area contributed by atoms with Gasteiger partial charge in [0, 0.05) is 13.0 Å². The zero-order valence-corrected chi connectivity index (χ0v) is 14.4. The van der Waals surface area contributed by atoms with E-state index in [4.69, 9.17) is 4.42 Å². The van der Waals surface area contributed by atoms with Crippen LogP contribution in [0.2, 0.25) is 0 Å². The van der Waals surface area contributed by atoms with Crippen molar-refractivity contribution in [3.05, 3.63) is 60.1 Å². The number of nitrogens with zero attached hydrogens (tertiary/aromatic N) is 1. The van der Waals surface area contributed by atoms with Gasteiger partial charge in [-0.3, -0.25) is 4.79 Å². The molecule has 25 heavy (non-hydrogen) atoms. The number of carbonyl (C=O) groups excluding carboxylic acids is 1. The molecule has 1 atom stereocenters. The van der Waals surface area contributed by atoms with Crippen LogP contribution < -0.4 is 5.32 Å². The fraction of sp³-hybridized carbons (Fsp3) is 0.450. The summed E-state index contributed by atoms with van der Waals surface area (Å²) in [6.07, 6.45) is 3.34. The molecule has 1 saturated heterocycles. The molecule has 1 aromatic heterocycles. The number of amides is 1. The van der Waals surface area contributed by atoms with Gasteiger partial charge in [0.05, 0.1) is 12.8 Å². The minimum Gasteiger partial charge on any atom is -0.467 e. The summed E-state index contributed by atoms with van der Waals surface area (Å²) in [7, 11) is 0. The Hall–Kier alpha value is -2.11. The monoisotopic (exact) mass is 342 g/mol. The molecule has 2 heterocycles.